The lowest BCUT2D eigenvalue weighted by atomic mass is 10.1. The summed E-state index contributed by atoms with van der Waals surface area (Å²) in [5, 5.41) is 3.11. The Kier molecular flexibility index (Phi) is 5.18. The highest BCUT2D eigenvalue weighted by Crippen LogP contribution is 2.12. The molecule has 2 heterocycles. The maximum absolute atomic E-state index is 11.6. The van der Waals surface area contributed by atoms with Crippen LogP contribution in [0.15, 0.2) is 0 Å². The van der Waals surface area contributed by atoms with E-state index in [9.17, 15) is 4.79 Å². The molecule has 0 aromatic heterocycles. The van der Waals surface area contributed by atoms with Crippen LogP contribution in [-0.4, -0.2) is 31.5 Å². The quantitative estimate of drug-likeness (QED) is 0.707. The number of piperidine rings is 1. The van der Waals surface area contributed by atoms with Gasteiger partial charge in [-0.15, -0.1) is 0 Å². The third-order valence-electron chi connectivity index (χ3n) is 3.05. The summed E-state index contributed by atoms with van der Waals surface area (Å²) in [6.45, 7) is 1.57. The summed E-state index contributed by atoms with van der Waals surface area (Å²) in [5.74, 6) is -0.319. The van der Waals surface area contributed by atoms with Crippen LogP contribution in [0.4, 0.5) is 0 Å². The number of ether oxygens (including phenoxy) is 1. The van der Waals surface area contributed by atoms with E-state index in [4.69, 9.17) is 14.4 Å². The minimum Gasteiger partial charge on any atom is -0.351 e. The Labute approximate surface area is 101 Å². The minimum atomic E-state index is -0.319. The van der Waals surface area contributed by atoms with Crippen LogP contribution in [0.25, 0.3) is 0 Å². The fraction of sp³-hybridized carbons (Fsp3) is 0.909. The van der Waals surface area contributed by atoms with Gasteiger partial charge in [0.15, 0.2) is 6.29 Å². The zero-order valence-electron chi connectivity index (χ0n) is 9.94. The molecule has 2 rings (SSSR count). The van der Waals surface area contributed by atoms with E-state index < -0.39 is 0 Å². The van der Waals surface area contributed by atoms with Crippen molar-refractivity contribution in [2.45, 2.75) is 50.9 Å². The Bertz CT molecular complexity index is 238. The first-order chi connectivity index (χ1) is 8.36. The molecule has 0 aromatic rings. The summed E-state index contributed by atoms with van der Waals surface area (Å²) in [7, 11) is 0. The van der Waals surface area contributed by atoms with Crippen LogP contribution in [0.2, 0.25) is 0 Å². The second-order valence-corrected chi connectivity index (χ2v) is 4.42. The molecule has 2 N–H and O–H groups in total. The number of nitrogens with one attached hydrogen (secondary N) is 2. The van der Waals surface area contributed by atoms with Crippen molar-refractivity contribution in [1.29, 1.82) is 0 Å². The van der Waals surface area contributed by atoms with Crippen molar-refractivity contribution in [3.8, 4) is 0 Å². The van der Waals surface area contributed by atoms with Gasteiger partial charge in [-0.1, -0.05) is 6.42 Å². The first-order valence-electron chi connectivity index (χ1n) is 6.32. The molecule has 2 aliphatic rings. The van der Waals surface area contributed by atoms with Gasteiger partial charge in [0.2, 0.25) is 0 Å². The molecule has 2 aliphatic heterocycles. The Morgan fingerprint density at radius 2 is 2.12 bits per heavy atom. The van der Waals surface area contributed by atoms with Crippen molar-refractivity contribution in [3.05, 3.63) is 0 Å². The first kappa shape index (κ1) is 12.8. The van der Waals surface area contributed by atoms with E-state index in [-0.39, 0.29) is 18.3 Å². The van der Waals surface area contributed by atoms with Gasteiger partial charge in [0, 0.05) is 13.0 Å². The molecule has 0 aliphatic carbocycles. The average molecular weight is 244 g/mol. The molecule has 2 fully saturated rings. The van der Waals surface area contributed by atoms with Crippen LogP contribution in [-0.2, 0) is 19.2 Å². The summed E-state index contributed by atoms with van der Waals surface area (Å²) in [5.41, 5.74) is 2.24. The molecule has 98 valence electrons. The Morgan fingerprint density at radius 1 is 1.24 bits per heavy atom. The molecule has 2 saturated heterocycles. The molecule has 6 heteroatoms. The predicted octanol–water partition coefficient (Wildman–Crippen LogP) is 0.634. The van der Waals surface area contributed by atoms with Gasteiger partial charge in [-0.3, -0.25) is 0 Å². The SMILES string of the molecule is O=C(ONO[C@@H]1CCCCO1)[C@@H]1CCCCN1. The molecule has 0 unspecified atom stereocenters. The fourth-order valence-corrected chi connectivity index (χ4v) is 2.05. The van der Waals surface area contributed by atoms with Gasteiger partial charge in [-0.05, 0) is 37.9 Å². The van der Waals surface area contributed by atoms with Gasteiger partial charge < -0.3 is 14.9 Å². The van der Waals surface area contributed by atoms with Crippen molar-refractivity contribution in [1.82, 2.24) is 11.0 Å². The molecule has 0 aromatic carbocycles. The minimum absolute atomic E-state index is 0.216. The van der Waals surface area contributed by atoms with E-state index in [1.165, 1.54) is 0 Å². The molecule has 0 saturated carbocycles. The van der Waals surface area contributed by atoms with E-state index in [2.05, 4.69) is 11.0 Å². The number of carbonyl (C=O) groups is 1. The van der Waals surface area contributed by atoms with Crippen molar-refractivity contribution in [2.24, 2.45) is 0 Å². The van der Waals surface area contributed by atoms with Crippen molar-refractivity contribution < 1.29 is 19.2 Å². The number of hydrogen-bond acceptors (Lipinski definition) is 6. The van der Waals surface area contributed by atoms with E-state index in [1.807, 2.05) is 0 Å². The van der Waals surface area contributed by atoms with Crippen molar-refractivity contribution >= 4 is 5.97 Å². The Morgan fingerprint density at radius 3 is 2.82 bits per heavy atom. The fourth-order valence-electron chi connectivity index (χ4n) is 2.05. The van der Waals surface area contributed by atoms with Gasteiger partial charge >= 0.3 is 5.97 Å². The molecule has 2 atom stereocenters. The standard InChI is InChI=1S/C11H20N2O4/c14-11(9-5-1-3-7-12-9)17-13-16-10-6-2-4-8-15-10/h9-10,12-13H,1-8H2/t9-,10+/m0/s1. The highest BCUT2D eigenvalue weighted by molar-refractivity contribution is 5.75. The van der Waals surface area contributed by atoms with E-state index in [0.717, 1.165) is 45.1 Å². The molecular formula is C11H20N2O4. The first-order valence-corrected chi connectivity index (χ1v) is 6.32. The lowest BCUT2D eigenvalue weighted by molar-refractivity contribution is -0.269. The smallest absolute Gasteiger partial charge is 0.344 e. The van der Waals surface area contributed by atoms with Crippen LogP contribution >= 0.6 is 0 Å². The second kappa shape index (κ2) is 6.90. The van der Waals surface area contributed by atoms with Gasteiger partial charge in [0.05, 0.1) is 0 Å². The Balaban J connectivity index is 1.58. The van der Waals surface area contributed by atoms with Crippen LogP contribution in [0.5, 0.6) is 0 Å². The van der Waals surface area contributed by atoms with Gasteiger partial charge in [-0.25, -0.2) is 9.63 Å². The zero-order valence-corrected chi connectivity index (χ0v) is 9.94. The predicted molar refractivity (Wildman–Crippen MR) is 59.5 cm³/mol. The largest absolute Gasteiger partial charge is 0.351 e. The van der Waals surface area contributed by atoms with Crippen molar-refractivity contribution in [2.75, 3.05) is 13.2 Å². The lowest BCUT2D eigenvalue weighted by Crippen LogP contribution is -2.43. The zero-order chi connectivity index (χ0) is 11.9. The van der Waals surface area contributed by atoms with Crippen LogP contribution in [0.1, 0.15) is 38.5 Å². The maximum atomic E-state index is 11.6. The van der Waals surface area contributed by atoms with Gasteiger partial charge in [0.25, 0.3) is 0 Å². The molecular weight excluding hydrogens is 224 g/mol. The highest BCUT2D eigenvalue weighted by atomic mass is 17.0. The van der Waals surface area contributed by atoms with Crippen molar-refractivity contribution in [3.63, 3.8) is 0 Å². The third kappa shape index (κ3) is 4.23. The maximum Gasteiger partial charge on any atom is 0.344 e. The monoisotopic (exact) mass is 244 g/mol. The molecule has 0 radical (unpaired) electrons. The van der Waals surface area contributed by atoms with Gasteiger partial charge in [0.1, 0.15) is 6.04 Å². The van der Waals surface area contributed by atoms with Crippen LogP contribution < -0.4 is 11.0 Å². The topological polar surface area (TPSA) is 68.8 Å². The number of rotatable bonds is 4. The number of hydrogen-bond donors (Lipinski definition) is 2. The molecule has 0 amide bonds. The molecule has 6 nitrogen and oxygen atoms in total. The van der Waals surface area contributed by atoms with Crippen LogP contribution in [0.3, 0.4) is 0 Å². The summed E-state index contributed by atoms with van der Waals surface area (Å²) < 4.78 is 5.31. The van der Waals surface area contributed by atoms with E-state index >= 15 is 0 Å². The normalized spacial score (nSPS) is 29.9. The van der Waals surface area contributed by atoms with Gasteiger partial charge in [-0.2, -0.15) is 0 Å². The molecule has 0 spiro atoms. The lowest BCUT2D eigenvalue weighted by Gasteiger charge is -2.24. The number of carbonyl (C=O) groups excluding carboxylic acids is 1. The third-order valence-corrected chi connectivity index (χ3v) is 3.05. The van der Waals surface area contributed by atoms with E-state index in [0.29, 0.717) is 6.61 Å². The second-order valence-electron chi connectivity index (χ2n) is 4.42. The summed E-state index contributed by atoms with van der Waals surface area (Å²) >= 11 is 0. The summed E-state index contributed by atoms with van der Waals surface area (Å²) in [4.78, 5) is 21.5. The van der Waals surface area contributed by atoms with Crippen LogP contribution in [0, 0.1) is 0 Å². The summed E-state index contributed by atoms with van der Waals surface area (Å²) in [6.07, 6.45) is 5.64. The summed E-state index contributed by atoms with van der Waals surface area (Å²) in [6, 6.07) is -0.216. The van der Waals surface area contributed by atoms with E-state index in [1.54, 1.807) is 0 Å². The average Bonchev–Trinajstić information content (AvgIpc) is 2.41. The Hall–Kier alpha value is -0.690. The molecule has 0 bridgehead atoms. The highest BCUT2D eigenvalue weighted by Gasteiger charge is 2.23. The molecule has 17 heavy (non-hydrogen) atoms.